The molecule has 0 saturated heterocycles. The molecule has 2 aromatic carbocycles. The Morgan fingerprint density at radius 1 is 1.16 bits per heavy atom. The lowest BCUT2D eigenvalue weighted by Crippen LogP contribution is -2.26. The number of amides is 2. The number of rotatable bonds is 6. The minimum atomic E-state index is -0.189. The van der Waals surface area contributed by atoms with Crippen molar-refractivity contribution in [1.29, 1.82) is 0 Å². The molecule has 0 aliphatic heterocycles. The fraction of sp³-hybridized carbons (Fsp3) is 0.160. The van der Waals surface area contributed by atoms with E-state index in [1.165, 1.54) is 11.3 Å². The van der Waals surface area contributed by atoms with Gasteiger partial charge in [-0.15, -0.1) is 11.3 Å². The largest absolute Gasteiger partial charge is 0.342 e. The first-order valence-electron chi connectivity index (χ1n) is 10.3. The van der Waals surface area contributed by atoms with Gasteiger partial charge in [0, 0.05) is 30.2 Å². The van der Waals surface area contributed by atoms with Crippen molar-refractivity contribution in [3.8, 4) is 0 Å². The molecule has 7 heteroatoms. The summed E-state index contributed by atoms with van der Waals surface area (Å²) in [6, 6.07) is 15.2. The Kier molecular flexibility index (Phi) is 6.18. The van der Waals surface area contributed by atoms with Crippen molar-refractivity contribution in [2.24, 2.45) is 0 Å². The molecule has 0 fully saturated rings. The van der Waals surface area contributed by atoms with Crippen molar-refractivity contribution in [2.45, 2.75) is 13.8 Å². The van der Waals surface area contributed by atoms with Gasteiger partial charge < -0.3 is 10.2 Å². The third-order valence-electron chi connectivity index (χ3n) is 5.36. The van der Waals surface area contributed by atoms with Crippen molar-refractivity contribution >= 4 is 51.9 Å². The molecule has 2 heterocycles. The van der Waals surface area contributed by atoms with Crippen LogP contribution in [0.3, 0.4) is 0 Å². The maximum Gasteiger partial charge on any atom is 0.266 e. The van der Waals surface area contributed by atoms with Gasteiger partial charge in [-0.1, -0.05) is 30.3 Å². The zero-order valence-corrected chi connectivity index (χ0v) is 19.0. The number of H-pyrrole nitrogens is 1. The van der Waals surface area contributed by atoms with E-state index in [0.29, 0.717) is 22.7 Å². The maximum absolute atomic E-state index is 12.9. The van der Waals surface area contributed by atoms with Gasteiger partial charge in [0.15, 0.2) is 0 Å². The second kappa shape index (κ2) is 9.20. The highest BCUT2D eigenvalue weighted by Crippen LogP contribution is 2.25. The van der Waals surface area contributed by atoms with Crippen LogP contribution in [0.2, 0.25) is 0 Å². The minimum absolute atomic E-state index is 0.0934. The lowest BCUT2D eigenvalue weighted by atomic mass is 10.1. The van der Waals surface area contributed by atoms with Crippen LogP contribution in [0.4, 0.5) is 5.69 Å². The SMILES string of the molecule is CCN(C)C(=O)c1ccc(C=Cc2n[nH]c3ccccc23)c(NC(=O)c2sccc2C)c1. The standard InChI is InChI=1S/C25H24N4O2S/c1-4-29(3)25(31)18-10-9-17(11-12-21-19-7-5-6-8-20(19)27-28-21)22(15-18)26-24(30)23-16(2)13-14-32-23/h5-15H,4H2,1-3H3,(H,26,30)(H,27,28). The molecule has 0 aliphatic carbocycles. The fourth-order valence-electron chi connectivity index (χ4n) is 3.37. The predicted octanol–water partition coefficient (Wildman–Crippen LogP) is 5.45. The molecular weight excluding hydrogens is 420 g/mol. The lowest BCUT2D eigenvalue weighted by Gasteiger charge is -2.16. The second-order valence-corrected chi connectivity index (χ2v) is 8.41. The summed E-state index contributed by atoms with van der Waals surface area (Å²) >= 11 is 1.40. The molecule has 2 amide bonds. The first kappa shape index (κ1) is 21.5. The monoisotopic (exact) mass is 444 g/mol. The Hall–Kier alpha value is -3.71. The highest BCUT2D eigenvalue weighted by molar-refractivity contribution is 7.12. The molecule has 0 unspecified atom stereocenters. The number of nitrogens with zero attached hydrogens (tertiary/aromatic N) is 2. The van der Waals surface area contributed by atoms with Crippen LogP contribution >= 0.6 is 11.3 Å². The molecule has 0 atom stereocenters. The third-order valence-corrected chi connectivity index (χ3v) is 6.37. The number of carbonyl (C=O) groups excluding carboxylic acids is 2. The zero-order valence-electron chi connectivity index (χ0n) is 18.2. The van der Waals surface area contributed by atoms with E-state index in [1.54, 1.807) is 24.1 Å². The molecule has 0 saturated carbocycles. The Morgan fingerprint density at radius 3 is 2.72 bits per heavy atom. The molecular formula is C25H24N4O2S. The van der Waals surface area contributed by atoms with E-state index in [9.17, 15) is 9.59 Å². The summed E-state index contributed by atoms with van der Waals surface area (Å²) in [5.41, 5.74) is 4.57. The van der Waals surface area contributed by atoms with Crippen molar-refractivity contribution in [3.63, 3.8) is 0 Å². The van der Waals surface area contributed by atoms with Crippen LogP contribution in [0.5, 0.6) is 0 Å². The molecule has 32 heavy (non-hydrogen) atoms. The maximum atomic E-state index is 12.9. The fourth-order valence-corrected chi connectivity index (χ4v) is 4.19. The van der Waals surface area contributed by atoms with Gasteiger partial charge in [0.25, 0.3) is 11.8 Å². The van der Waals surface area contributed by atoms with E-state index in [0.717, 1.165) is 27.7 Å². The Bertz CT molecular complexity index is 1320. The quantitative estimate of drug-likeness (QED) is 0.415. The summed E-state index contributed by atoms with van der Waals surface area (Å²) in [4.78, 5) is 27.9. The predicted molar refractivity (Wildman–Crippen MR) is 131 cm³/mol. The van der Waals surface area contributed by atoms with Crippen LogP contribution in [0.1, 0.15) is 43.8 Å². The molecule has 6 nitrogen and oxygen atoms in total. The first-order valence-corrected chi connectivity index (χ1v) is 11.2. The van der Waals surface area contributed by atoms with Crippen LogP contribution in [-0.2, 0) is 0 Å². The van der Waals surface area contributed by atoms with Crippen LogP contribution in [0.15, 0.2) is 53.9 Å². The van der Waals surface area contributed by atoms with E-state index in [1.807, 2.05) is 67.8 Å². The number of aryl methyl sites for hydroxylation is 1. The smallest absolute Gasteiger partial charge is 0.266 e. The van der Waals surface area contributed by atoms with Gasteiger partial charge in [-0.3, -0.25) is 14.7 Å². The van der Waals surface area contributed by atoms with E-state index < -0.39 is 0 Å². The van der Waals surface area contributed by atoms with E-state index in [4.69, 9.17) is 0 Å². The average molecular weight is 445 g/mol. The van der Waals surface area contributed by atoms with Crippen molar-refractivity contribution in [1.82, 2.24) is 15.1 Å². The summed E-state index contributed by atoms with van der Waals surface area (Å²) in [5.74, 6) is -0.282. The number of hydrogen-bond donors (Lipinski definition) is 2. The molecule has 162 valence electrons. The number of aromatic nitrogens is 2. The third kappa shape index (κ3) is 4.33. The highest BCUT2D eigenvalue weighted by atomic mass is 32.1. The van der Waals surface area contributed by atoms with Crippen molar-refractivity contribution in [2.75, 3.05) is 18.9 Å². The van der Waals surface area contributed by atoms with E-state index >= 15 is 0 Å². The van der Waals surface area contributed by atoms with Crippen LogP contribution < -0.4 is 5.32 Å². The normalized spacial score (nSPS) is 11.2. The molecule has 0 spiro atoms. The minimum Gasteiger partial charge on any atom is -0.342 e. The summed E-state index contributed by atoms with van der Waals surface area (Å²) < 4.78 is 0. The first-order chi connectivity index (χ1) is 15.5. The van der Waals surface area contributed by atoms with Crippen LogP contribution in [-0.4, -0.2) is 40.5 Å². The summed E-state index contributed by atoms with van der Waals surface area (Å²) in [6.07, 6.45) is 3.80. The number of aromatic amines is 1. The summed E-state index contributed by atoms with van der Waals surface area (Å²) in [7, 11) is 1.76. The van der Waals surface area contributed by atoms with Gasteiger partial charge in [0.1, 0.15) is 0 Å². The summed E-state index contributed by atoms with van der Waals surface area (Å²) in [6.45, 7) is 4.43. The molecule has 4 rings (SSSR count). The number of para-hydroxylation sites is 1. The Morgan fingerprint density at radius 2 is 1.97 bits per heavy atom. The van der Waals surface area contributed by atoms with E-state index in [2.05, 4.69) is 15.5 Å². The number of thiophene rings is 1. The highest BCUT2D eigenvalue weighted by Gasteiger charge is 2.16. The summed E-state index contributed by atoms with van der Waals surface area (Å²) in [5, 5.41) is 13.3. The van der Waals surface area contributed by atoms with Gasteiger partial charge in [-0.05, 0) is 60.7 Å². The lowest BCUT2D eigenvalue weighted by molar-refractivity contribution is 0.0802. The molecule has 0 radical (unpaired) electrons. The zero-order chi connectivity index (χ0) is 22.7. The Balaban J connectivity index is 1.71. The molecule has 2 N–H and O–H groups in total. The number of anilines is 1. The number of fused-ring (bicyclic) bond motifs is 1. The number of nitrogens with one attached hydrogen (secondary N) is 2. The van der Waals surface area contributed by atoms with Crippen molar-refractivity contribution < 1.29 is 9.59 Å². The topological polar surface area (TPSA) is 78.1 Å². The van der Waals surface area contributed by atoms with E-state index in [-0.39, 0.29) is 11.8 Å². The molecule has 0 bridgehead atoms. The van der Waals surface area contributed by atoms with Gasteiger partial charge in [0.05, 0.1) is 16.1 Å². The van der Waals surface area contributed by atoms with Crippen molar-refractivity contribution in [3.05, 3.63) is 81.2 Å². The van der Waals surface area contributed by atoms with Gasteiger partial charge >= 0.3 is 0 Å². The van der Waals surface area contributed by atoms with Gasteiger partial charge in [-0.25, -0.2) is 0 Å². The van der Waals surface area contributed by atoms with Gasteiger partial charge in [0.2, 0.25) is 0 Å². The Labute approximate surface area is 190 Å². The van der Waals surface area contributed by atoms with Crippen LogP contribution in [0.25, 0.3) is 23.1 Å². The number of benzene rings is 2. The van der Waals surface area contributed by atoms with Crippen LogP contribution in [0, 0.1) is 6.92 Å². The molecule has 0 aliphatic rings. The number of hydrogen-bond acceptors (Lipinski definition) is 4. The molecule has 4 aromatic rings. The molecule has 2 aromatic heterocycles. The average Bonchev–Trinajstić information content (AvgIpc) is 3.43. The second-order valence-electron chi connectivity index (χ2n) is 7.50. The number of carbonyl (C=O) groups is 2. The van der Waals surface area contributed by atoms with Gasteiger partial charge in [-0.2, -0.15) is 5.10 Å².